The van der Waals surface area contributed by atoms with E-state index in [1.54, 1.807) is 43.3 Å². The Morgan fingerprint density at radius 3 is 2.71 bits per heavy atom. The summed E-state index contributed by atoms with van der Waals surface area (Å²) in [7, 11) is 4.73. The zero-order valence-electron chi connectivity index (χ0n) is 18.0. The Labute approximate surface area is 184 Å². The molecule has 0 atom stereocenters. The van der Waals surface area contributed by atoms with Gasteiger partial charge in [-0.2, -0.15) is 5.10 Å². The van der Waals surface area contributed by atoms with Crippen LogP contribution < -0.4 is 20.1 Å². The summed E-state index contributed by atoms with van der Waals surface area (Å²) in [6, 6.07) is 5.07. The molecule has 0 fully saturated rings. The van der Waals surface area contributed by atoms with Crippen LogP contribution >= 0.6 is 11.8 Å². The van der Waals surface area contributed by atoms with E-state index in [1.165, 1.54) is 18.9 Å². The quantitative estimate of drug-likeness (QED) is 0.260. The van der Waals surface area contributed by atoms with Crippen molar-refractivity contribution in [3.63, 3.8) is 0 Å². The molecule has 0 aliphatic carbocycles. The summed E-state index contributed by atoms with van der Waals surface area (Å²) < 4.78 is 17.3. The van der Waals surface area contributed by atoms with Crippen molar-refractivity contribution >= 4 is 34.5 Å². The number of carbonyl (C=O) groups is 1. The zero-order chi connectivity index (χ0) is 22.2. The minimum absolute atomic E-state index is 0.239. The van der Waals surface area contributed by atoms with Crippen LogP contribution in [0.1, 0.15) is 10.4 Å². The fraction of sp³-hybridized carbons (Fsp3) is 0.400. The molecule has 31 heavy (non-hydrogen) atoms. The van der Waals surface area contributed by atoms with E-state index in [4.69, 9.17) is 14.2 Å². The second-order valence-electron chi connectivity index (χ2n) is 6.41. The van der Waals surface area contributed by atoms with E-state index >= 15 is 0 Å². The van der Waals surface area contributed by atoms with Crippen LogP contribution in [0, 0.1) is 0 Å². The van der Waals surface area contributed by atoms with Gasteiger partial charge in [-0.25, -0.2) is 14.6 Å². The lowest BCUT2D eigenvalue weighted by molar-refractivity contribution is 0.0949. The maximum Gasteiger partial charge on any atom is 0.255 e. The Kier molecular flexibility index (Phi) is 7.90. The molecular weight excluding hydrogens is 420 g/mol. The first-order chi connectivity index (χ1) is 15.1. The molecule has 0 unspecified atom stereocenters. The summed E-state index contributed by atoms with van der Waals surface area (Å²) in [5.41, 5.74) is 1.14. The maximum absolute atomic E-state index is 12.6. The molecule has 2 N–H and O–H groups in total. The van der Waals surface area contributed by atoms with Gasteiger partial charge in [-0.3, -0.25) is 4.79 Å². The van der Waals surface area contributed by atoms with E-state index in [1.807, 2.05) is 6.26 Å². The predicted octanol–water partition coefficient (Wildman–Crippen LogP) is 2.05. The fourth-order valence-electron chi connectivity index (χ4n) is 2.95. The number of thioether (sulfide) groups is 1. The molecule has 2 aromatic heterocycles. The van der Waals surface area contributed by atoms with E-state index in [0.717, 1.165) is 5.39 Å². The first-order valence-corrected chi connectivity index (χ1v) is 10.8. The molecule has 166 valence electrons. The lowest BCUT2D eigenvalue weighted by Gasteiger charge is -2.11. The van der Waals surface area contributed by atoms with Gasteiger partial charge >= 0.3 is 0 Å². The molecule has 3 aromatic rings. The van der Waals surface area contributed by atoms with Crippen LogP contribution in [0.5, 0.6) is 11.5 Å². The highest BCUT2D eigenvalue weighted by atomic mass is 32.2. The van der Waals surface area contributed by atoms with Crippen molar-refractivity contribution in [2.75, 3.05) is 52.6 Å². The number of nitrogens with zero attached hydrogens (tertiary/aromatic N) is 4. The molecule has 10 nitrogen and oxygen atoms in total. The summed E-state index contributed by atoms with van der Waals surface area (Å²) in [6.07, 6.45) is 3.65. The van der Waals surface area contributed by atoms with Gasteiger partial charge in [0.1, 0.15) is 17.3 Å². The smallest absolute Gasteiger partial charge is 0.255 e. The fourth-order valence-corrected chi connectivity index (χ4v) is 3.31. The van der Waals surface area contributed by atoms with Gasteiger partial charge in [-0.1, -0.05) is 11.8 Å². The minimum Gasteiger partial charge on any atom is -0.497 e. The summed E-state index contributed by atoms with van der Waals surface area (Å²) >= 11 is 1.45. The number of methoxy groups -OCH3 is 3. The molecular formula is C20H26N6O4S. The second-order valence-corrected chi connectivity index (χ2v) is 7.18. The predicted molar refractivity (Wildman–Crippen MR) is 119 cm³/mol. The molecule has 3 rings (SSSR count). The van der Waals surface area contributed by atoms with Crippen molar-refractivity contribution in [3.8, 4) is 11.5 Å². The van der Waals surface area contributed by atoms with Crippen molar-refractivity contribution in [1.82, 2.24) is 25.1 Å². The normalized spacial score (nSPS) is 10.8. The molecule has 1 aromatic carbocycles. The van der Waals surface area contributed by atoms with Gasteiger partial charge in [0.05, 0.1) is 44.5 Å². The Morgan fingerprint density at radius 2 is 2.00 bits per heavy atom. The number of aromatic nitrogens is 4. The van der Waals surface area contributed by atoms with E-state index in [0.29, 0.717) is 59.9 Å². The number of carbonyl (C=O) groups excluding carboxylic acids is 1. The van der Waals surface area contributed by atoms with Crippen molar-refractivity contribution < 1.29 is 19.0 Å². The number of hydrogen-bond acceptors (Lipinski definition) is 9. The number of rotatable bonds is 11. The van der Waals surface area contributed by atoms with E-state index in [9.17, 15) is 4.79 Å². The first kappa shape index (κ1) is 22.6. The third kappa shape index (κ3) is 5.36. The van der Waals surface area contributed by atoms with Crippen LogP contribution in [-0.4, -0.2) is 72.9 Å². The Morgan fingerprint density at radius 1 is 1.16 bits per heavy atom. The Hall–Kier alpha value is -3.05. The highest BCUT2D eigenvalue weighted by molar-refractivity contribution is 7.98. The summed E-state index contributed by atoms with van der Waals surface area (Å²) in [5, 5.41) is 12.0. The van der Waals surface area contributed by atoms with Crippen LogP contribution in [0.25, 0.3) is 11.0 Å². The largest absolute Gasteiger partial charge is 0.497 e. The second kappa shape index (κ2) is 10.8. The maximum atomic E-state index is 12.6. The van der Waals surface area contributed by atoms with Gasteiger partial charge in [0.15, 0.2) is 10.8 Å². The number of fused-ring (bicyclic) bond motifs is 1. The molecule has 2 heterocycles. The molecule has 0 spiro atoms. The van der Waals surface area contributed by atoms with Gasteiger partial charge < -0.3 is 24.8 Å². The number of anilines is 1. The lowest BCUT2D eigenvalue weighted by Crippen LogP contribution is -2.28. The van der Waals surface area contributed by atoms with Crippen molar-refractivity contribution in [2.45, 2.75) is 11.7 Å². The summed E-state index contributed by atoms with van der Waals surface area (Å²) in [6.45, 7) is 2.02. The molecule has 0 saturated heterocycles. The molecule has 0 radical (unpaired) electrons. The summed E-state index contributed by atoms with van der Waals surface area (Å²) in [5.74, 6) is 1.54. The standard InChI is InChI=1S/C20H26N6O4S/c1-28-10-8-21-17-15-12-23-26(18(15)25-20(24-17)31-4)9-7-22-19(27)14-6-5-13(29-2)11-16(14)30-3/h5-6,11-12H,7-10H2,1-4H3,(H,22,27)(H,21,24,25). The van der Waals surface area contributed by atoms with Crippen molar-refractivity contribution in [3.05, 3.63) is 30.0 Å². The average Bonchev–Trinajstić information content (AvgIpc) is 3.21. The third-order valence-corrected chi connectivity index (χ3v) is 5.07. The van der Waals surface area contributed by atoms with Crippen molar-refractivity contribution in [2.24, 2.45) is 0 Å². The van der Waals surface area contributed by atoms with Crippen LogP contribution in [-0.2, 0) is 11.3 Å². The summed E-state index contributed by atoms with van der Waals surface area (Å²) in [4.78, 5) is 21.7. The van der Waals surface area contributed by atoms with Crippen LogP contribution in [0.15, 0.2) is 29.6 Å². The third-order valence-electron chi connectivity index (χ3n) is 4.52. The molecule has 0 aliphatic heterocycles. The number of hydrogen-bond donors (Lipinski definition) is 2. The number of ether oxygens (including phenoxy) is 3. The van der Waals surface area contributed by atoms with E-state index < -0.39 is 0 Å². The van der Waals surface area contributed by atoms with Gasteiger partial charge in [-0.05, 0) is 18.4 Å². The number of amides is 1. The number of nitrogens with one attached hydrogen (secondary N) is 2. The molecule has 0 saturated carbocycles. The van der Waals surface area contributed by atoms with Gasteiger partial charge in [0.25, 0.3) is 5.91 Å². The Bertz CT molecular complexity index is 1040. The number of benzene rings is 1. The van der Waals surface area contributed by atoms with Gasteiger partial charge in [-0.15, -0.1) is 0 Å². The molecule has 1 amide bonds. The zero-order valence-corrected chi connectivity index (χ0v) is 18.8. The molecule has 11 heteroatoms. The topological polar surface area (TPSA) is 112 Å². The SMILES string of the molecule is COCCNc1nc(SC)nc2c1cnn2CCNC(=O)c1ccc(OC)cc1OC. The molecule has 0 aliphatic rings. The van der Waals surface area contributed by atoms with E-state index in [-0.39, 0.29) is 5.91 Å². The first-order valence-electron chi connectivity index (χ1n) is 9.61. The minimum atomic E-state index is -0.239. The highest BCUT2D eigenvalue weighted by Crippen LogP contribution is 2.25. The van der Waals surface area contributed by atoms with Crippen LogP contribution in [0.3, 0.4) is 0 Å². The van der Waals surface area contributed by atoms with Gasteiger partial charge in [0, 0.05) is 26.3 Å². The van der Waals surface area contributed by atoms with Crippen LogP contribution in [0.4, 0.5) is 5.82 Å². The van der Waals surface area contributed by atoms with Crippen LogP contribution in [0.2, 0.25) is 0 Å². The molecule has 0 bridgehead atoms. The average molecular weight is 447 g/mol. The van der Waals surface area contributed by atoms with E-state index in [2.05, 4.69) is 25.7 Å². The van der Waals surface area contributed by atoms with Gasteiger partial charge in [0.2, 0.25) is 0 Å². The monoisotopic (exact) mass is 446 g/mol. The lowest BCUT2D eigenvalue weighted by atomic mass is 10.1. The van der Waals surface area contributed by atoms with Crippen molar-refractivity contribution in [1.29, 1.82) is 0 Å². The Balaban J connectivity index is 1.71. The highest BCUT2D eigenvalue weighted by Gasteiger charge is 2.15.